The number of hydrogen-bond acceptors (Lipinski definition) is 5. The molecule has 2 aromatic rings. The first-order valence-corrected chi connectivity index (χ1v) is 7.62. The minimum Gasteiger partial charge on any atom is -0.465 e. The quantitative estimate of drug-likeness (QED) is 0.890. The molecule has 0 spiro atoms. The highest BCUT2D eigenvalue weighted by Gasteiger charge is 2.26. The van der Waals surface area contributed by atoms with Crippen molar-refractivity contribution < 1.29 is 9.90 Å². The first kappa shape index (κ1) is 12.6. The first-order chi connectivity index (χ1) is 9.11. The van der Waals surface area contributed by atoms with Crippen molar-refractivity contribution >= 4 is 44.5 Å². The molecule has 0 bridgehead atoms. The molecule has 1 aliphatic heterocycles. The standard InChI is InChI=1S/C12H13N3O2S2/c13-11-14-9-2-1-7(5-10(9)19-11)18-8-3-4-15(6-8)12(16)17/h1-2,5,8H,3-4,6H2,(H2,13,14)(H,16,17)/t8-/m1/s1. The number of aromatic nitrogens is 1. The van der Waals surface area contributed by atoms with Gasteiger partial charge in [-0.3, -0.25) is 0 Å². The molecule has 1 fully saturated rings. The number of nitrogens with zero attached hydrogens (tertiary/aromatic N) is 2. The zero-order valence-electron chi connectivity index (χ0n) is 10.1. The van der Waals surface area contributed by atoms with Gasteiger partial charge in [0.1, 0.15) is 0 Å². The lowest BCUT2D eigenvalue weighted by atomic mass is 10.3. The lowest BCUT2D eigenvalue weighted by molar-refractivity contribution is 0.156. The Bertz CT molecular complexity index is 628. The van der Waals surface area contributed by atoms with Crippen molar-refractivity contribution in [2.45, 2.75) is 16.6 Å². The second kappa shape index (κ2) is 4.90. The van der Waals surface area contributed by atoms with Gasteiger partial charge in [-0.2, -0.15) is 0 Å². The summed E-state index contributed by atoms with van der Waals surface area (Å²) in [5.41, 5.74) is 6.61. The molecule has 1 aliphatic rings. The van der Waals surface area contributed by atoms with Crippen LogP contribution in [0.5, 0.6) is 0 Å². The number of fused-ring (bicyclic) bond motifs is 1. The summed E-state index contributed by atoms with van der Waals surface area (Å²) in [6.07, 6.45) is 0.0774. The molecule has 1 aromatic carbocycles. The zero-order valence-corrected chi connectivity index (χ0v) is 11.7. The summed E-state index contributed by atoms with van der Waals surface area (Å²) in [6.45, 7) is 1.23. The topological polar surface area (TPSA) is 79.5 Å². The molecular weight excluding hydrogens is 282 g/mol. The average molecular weight is 295 g/mol. The van der Waals surface area contributed by atoms with E-state index in [2.05, 4.69) is 11.1 Å². The summed E-state index contributed by atoms with van der Waals surface area (Å²) in [4.78, 5) is 17.7. The highest BCUT2D eigenvalue weighted by molar-refractivity contribution is 8.00. The number of likely N-dealkylation sites (tertiary alicyclic amines) is 1. The predicted octanol–water partition coefficient (Wildman–Crippen LogP) is 2.72. The molecule has 5 nitrogen and oxygen atoms in total. The third-order valence-electron chi connectivity index (χ3n) is 3.09. The number of thioether (sulfide) groups is 1. The molecule has 7 heteroatoms. The smallest absolute Gasteiger partial charge is 0.407 e. The second-order valence-corrected chi connectivity index (χ2v) is 6.87. The van der Waals surface area contributed by atoms with Crippen molar-refractivity contribution in [1.82, 2.24) is 9.88 Å². The Morgan fingerprint density at radius 1 is 1.58 bits per heavy atom. The fourth-order valence-electron chi connectivity index (χ4n) is 2.19. The zero-order chi connectivity index (χ0) is 13.4. The summed E-state index contributed by atoms with van der Waals surface area (Å²) in [7, 11) is 0. The Morgan fingerprint density at radius 3 is 3.16 bits per heavy atom. The third-order valence-corrected chi connectivity index (χ3v) is 5.19. The lowest BCUT2D eigenvalue weighted by Gasteiger charge is -2.11. The van der Waals surface area contributed by atoms with Gasteiger partial charge < -0.3 is 15.7 Å². The van der Waals surface area contributed by atoms with Gasteiger partial charge in [-0.05, 0) is 24.6 Å². The summed E-state index contributed by atoms with van der Waals surface area (Å²) < 4.78 is 1.08. The van der Waals surface area contributed by atoms with Gasteiger partial charge in [0.05, 0.1) is 10.2 Å². The molecule has 100 valence electrons. The van der Waals surface area contributed by atoms with Crippen LogP contribution in [-0.2, 0) is 0 Å². The van der Waals surface area contributed by atoms with E-state index in [0.29, 0.717) is 23.5 Å². The molecule has 0 saturated carbocycles. The van der Waals surface area contributed by atoms with Gasteiger partial charge in [0, 0.05) is 23.2 Å². The van der Waals surface area contributed by atoms with Crippen LogP contribution in [0.4, 0.5) is 9.93 Å². The number of thiazole rings is 1. The fourth-order valence-corrected chi connectivity index (χ4v) is 4.23. The first-order valence-electron chi connectivity index (χ1n) is 5.92. The van der Waals surface area contributed by atoms with Gasteiger partial charge >= 0.3 is 6.09 Å². The van der Waals surface area contributed by atoms with Gasteiger partial charge in [-0.15, -0.1) is 11.8 Å². The van der Waals surface area contributed by atoms with E-state index in [1.807, 2.05) is 12.1 Å². The molecule has 3 N–H and O–H groups in total. The van der Waals surface area contributed by atoms with Crippen LogP contribution in [0.1, 0.15) is 6.42 Å². The van der Waals surface area contributed by atoms with Crippen LogP contribution in [-0.4, -0.2) is 39.4 Å². The molecule has 1 amide bonds. The minimum atomic E-state index is -0.825. The van der Waals surface area contributed by atoms with E-state index in [0.717, 1.165) is 21.5 Å². The number of hydrogen-bond donors (Lipinski definition) is 2. The van der Waals surface area contributed by atoms with Crippen LogP contribution >= 0.6 is 23.1 Å². The maximum atomic E-state index is 10.9. The van der Waals surface area contributed by atoms with Crippen molar-refractivity contribution in [2.24, 2.45) is 0 Å². The maximum Gasteiger partial charge on any atom is 0.407 e. The molecule has 0 radical (unpaired) electrons. The van der Waals surface area contributed by atoms with Gasteiger partial charge in [0.15, 0.2) is 5.13 Å². The van der Waals surface area contributed by atoms with Crippen LogP contribution in [0.3, 0.4) is 0 Å². The maximum absolute atomic E-state index is 10.9. The van der Waals surface area contributed by atoms with Crippen molar-refractivity contribution in [1.29, 1.82) is 0 Å². The Hall–Kier alpha value is -1.47. The molecular formula is C12H13N3O2S2. The molecule has 19 heavy (non-hydrogen) atoms. The van der Waals surface area contributed by atoms with E-state index in [-0.39, 0.29) is 0 Å². The van der Waals surface area contributed by atoms with Gasteiger partial charge in [-0.25, -0.2) is 9.78 Å². The monoisotopic (exact) mass is 295 g/mol. The van der Waals surface area contributed by atoms with Crippen molar-refractivity contribution in [3.8, 4) is 0 Å². The van der Waals surface area contributed by atoms with Crippen molar-refractivity contribution in [2.75, 3.05) is 18.8 Å². The van der Waals surface area contributed by atoms with Crippen LogP contribution in [0.15, 0.2) is 23.1 Å². The molecule has 3 rings (SSSR count). The van der Waals surface area contributed by atoms with Crippen LogP contribution in [0.25, 0.3) is 10.2 Å². The highest BCUT2D eigenvalue weighted by Crippen LogP contribution is 2.33. The van der Waals surface area contributed by atoms with Gasteiger partial charge in [0.25, 0.3) is 0 Å². The molecule has 1 saturated heterocycles. The van der Waals surface area contributed by atoms with Crippen molar-refractivity contribution in [3.63, 3.8) is 0 Å². The number of amides is 1. The van der Waals surface area contributed by atoms with Crippen LogP contribution < -0.4 is 5.73 Å². The Morgan fingerprint density at radius 2 is 2.42 bits per heavy atom. The number of nitrogens with two attached hydrogens (primary N) is 1. The lowest BCUT2D eigenvalue weighted by Crippen LogP contribution is -2.26. The van der Waals surface area contributed by atoms with Gasteiger partial charge in [0.2, 0.25) is 0 Å². The summed E-state index contributed by atoms with van der Waals surface area (Å²) >= 11 is 3.21. The van der Waals surface area contributed by atoms with E-state index in [1.165, 1.54) is 16.2 Å². The van der Waals surface area contributed by atoms with Gasteiger partial charge in [-0.1, -0.05) is 11.3 Å². The van der Waals surface area contributed by atoms with E-state index in [9.17, 15) is 4.79 Å². The second-order valence-electron chi connectivity index (χ2n) is 4.44. The molecule has 2 heterocycles. The normalized spacial score (nSPS) is 19.2. The number of carboxylic acid groups (broad SMARTS) is 1. The van der Waals surface area contributed by atoms with E-state index < -0.39 is 6.09 Å². The number of benzene rings is 1. The Balaban J connectivity index is 1.73. The van der Waals surface area contributed by atoms with E-state index in [4.69, 9.17) is 10.8 Å². The average Bonchev–Trinajstić information content (AvgIpc) is 2.94. The highest BCUT2D eigenvalue weighted by atomic mass is 32.2. The summed E-state index contributed by atoms with van der Waals surface area (Å²) in [5.74, 6) is 0. The van der Waals surface area contributed by atoms with E-state index >= 15 is 0 Å². The van der Waals surface area contributed by atoms with Crippen molar-refractivity contribution in [3.05, 3.63) is 18.2 Å². The predicted molar refractivity (Wildman–Crippen MR) is 77.9 cm³/mol. The van der Waals surface area contributed by atoms with E-state index in [1.54, 1.807) is 11.8 Å². The summed E-state index contributed by atoms with van der Waals surface area (Å²) in [6, 6.07) is 6.07. The summed E-state index contributed by atoms with van der Waals surface area (Å²) in [5, 5.41) is 9.85. The molecule has 1 aromatic heterocycles. The molecule has 0 unspecified atom stereocenters. The molecule has 1 atom stereocenters. The third kappa shape index (κ3) is 2.62. The SMILES string of the molecule is Nc1nc2ccc(S[C@@H]3CCN(C(=O)O)C3)cc2s1. The largest absolute Gasteiger partial charge is 0.465 e. The Labute approximate surface area is 118 Å². The van der Waals surface area contributed by atoms with Crippen LogP contribution in [0.2, 0.25) is 0 Å². The minimum absolute atomic E-state index is 0.332. The Kier molecular flexibility index (Phi) is 3.24. The number of carbonyl (C=O) groups is 1. The molecule has 0 aliphatic carbocycles. The number of nitrogen functional groups attached to an aromatic ring is 1. The fraction of sp³-hybridized carbons (Fsp3) is 0.333. The van der Waals surface area contributed by atoms with Crippen LogP contribution in [0, 0.1) is 0 Å². The number of anilines is 1. The number of rotatable bonds is 2.